The van der Waals surface area contributed by atoms with Crippen LogP contribution >= 0.6 is 0 Å². The van der Waals surface area contributed by atoms with E-state index in [9.17, 15) is 0 Å². The van der Waals surface area contributed by atoms with Crippen LogP contribution in [0.4, 0.5) is 34.1 Å². The summed E-state index contributed by atoms with van der Waals surface area (Å²) >= 11 is 0. The van der Waals surface area contributed by atoms with Gasteiger partial charge in [-0.05, 0) is 168 Å². The maximum atomic E-state index is 2.55. The summed E-state index contributed by atoms with van der Waals surface area (Å²) in [6.45, 7) is -0.0474. The van der Waals surface area contributed by atoms with Crippen LogP contribution in [-0.4, -0.2) is 11.3 Å². The molecule has 3 nitrogen and oxygen atoms in total. The van der Waals surface area contributed by atoms with Crippen LogP contribution < -0.4 is 26.2 Å². The predicted molar refractivity (Wildman–Crippen MR) is 290 cm³/mol. The van der Waals surface area contributed by atoms with Gasteiger partial charge in [0, 0.05) is 50.6 Å². The maximum absolute atomic E-state index is 2.55. The largest absolute Gasteiger partial charge is 0.311 e. The van der Waals surface area contributed by atoms with E-state index in [-0.39, 0.29) is 6.71 Å². The molecule has 2 aliphatic rings. The summed E-state index contributed by atoms with van der Waals surface area (Å²) < 4.78 is 2.43. The van der Waals surface area contributed by atoms with E-state index in [0.717, 1.165) is 22.6 Å². The molecule has 4 heteroatoms. The first-order valence-corrected chi connectivity index (χ1v) is 23.6. The highest BCUT2D eigenvalue weighted by Gasteiger charge is 2.44. The van der Waals surface area contributed by atoms with Crippen LogP contribution in [-0.2, 0) is 0 Å². The zero-order valence-electron chi connectivity index (χ0n) is 37.0. The summed E-state index contributed by atoms with van der Waals surface area (Å²) in [5, 5.41) is 12.4. The third-order valence-electron chi connectivity index (χ3n) is 14.8. The van der Waals surface area contributed by atoms with Crippen molar-refractivity contribution in [3.63, 3.8) is 0 Å². The van der Waals surface area contributed by atoms with Crippen LogP contribution in [0.25, 0.3) is 81.7 Å². The van der Waals surface area contributed by atoms with E-state index in [1.165, 1.54) is 110 Å². The van der Waals surface area contributed by atoms with Crippen molar-refractivity contribution in [2.45, 2.75) is 0 Å². The van der Waals surface area contributed by atoms with Crippen LogP contribution in [0.3, 0.4) is 0 Å². The lowest BCUT2D eigenvalue weighted by Gasteiger charge is -2.44. The summed E-state index contributed by atoms with van der Waals surface area (Å²) in [6.07, 6.45) is 0. The number of benzene rings is 12. The molecule has 0 aliphatic carbocycles. The molecule has 0 bridgehead atoms. The molecule has 0 N–H and O–H groups in total. The lowest BCUT2D eigenvalue weighted by molar-refractivity contribution is 1.18. The highest BCUT2D eigenvalue weighted by Crippen LogP contribution is 2.48. The van der Waals surface area contributed by atoms with Gasteiger partial charge in [0.2, 0.25) is 0 Å². The van der Waals surface area contributed by atoms with Gasteiger partial charge in [-0.1, -0.05) is 146 Å². The van der Waals surface area contributed by atoms with Gasteiger partial charge in [0.25, 0.3) is 6.71 Å². The van der Waals surface area contributed by atoms with Crippen molar-refractivity contribution in [2.24, 2.45) is 0 Å². The number of rotatable bonds is 4. The second-order valence-corrected chi connectivity index (χ2v) is 18.5. The van der Waals surface area contributed by atoms with Gasteiger partial charge in [-0.25, -0.2) is 0 Å². The minimum Gasteiger partial charge on any atom is -0.311 e. The fourth-order valence-corrected chi connectivity index (χ4v) is 11.8. The normalized spacial score (nSPS) is 12.9. The molecule has 0 atom stereocenters. The van der Waals surface area contributed by atoms with Gasteiger partial charge in [-0.2, -0.15) is 0 Å². The average Bonchev–Trinajstić information content (AvgIpc) is 3.73. The number of nitrogens with zero attached hydrogens (tertiary/aromatic N) is 3. The van der Waals surface area contributed by atoms with Crippen LogP contribution in [0, 0.1) is 0 Å². The van der Waals surface area contributed by atoms with Crippen LogP contribution in [0.1, 0.15) is 0 Å². The number of fused-ring (bicyclic) bond motifs is 11. The van der Waals surface area contributed by atoms with Crippen molar-refractivity contribution < 1.29 is 0 Å². The van der Waals surface area contributed by atoms with Crippen molar-refractivity contribution in [3.05, 3.63) is 243 Å². The van der Waals surface area contributed by atoms with Crippen molar-refractivity contribution >= 4 is 122 Å². The molecule has 12 aromatic carbocycles. The van der Waals surface area contributed by atoms with Gasteiger partial charge < -0.3 is 14.4 Å². The molecule has 0 saturated carbocycles. The van der Waals surface area contributed by atoms with Gasteiger partial charge in [0.05, 0.1) is 11.0 Å². The highest BCUT2D eigenvalue weighted by molar-refractivity contribution is 7.00. The van der Waals surface area contributed by atoms with Crippen molar-refractivity contribution in [1.29, 1.82) is 0 Å². The minimum atomic E-state index is -0.0474. The van der Waals surface area contributed by atoms with E-state index in [1.54, 1.807) is 0 Å². The fraction of sp³-hybridized carbons (Fsp3) is 0. The molecule has 13 aromatic rings. The molecule has 0 fully saturated rings. The number of hydrogen-bond donors (Lipinski definition) is 0. The number of hydrogen-bond acceptors (Lipinski definition) is 2. The average molecular weight is 862 g/mol. The first-order chi connectivity index (χ1) is 33.7. The monoisotopic (exact) mass is 861 g/mol. The quantitative estimate of drug-likeness (QED) is 0.129. The van der Waals surface area contributed by atoms with E-state index < -0.39 is 0 Å². The van der Waals surface area contributed by atoms with Crippen LogP contribution in [0.5, 0.6) is 0 Å². The van der Waals surface area contributed by atoms with E-state index >= 15 is 0 Å². The number of aromatic nitrogens is 1. The molecular weight excluding hydrogens is 822 g/mol. The first-order valence-electron chi connectivity index (χ1n) is 23.6. The molecule has 0 unspecified atom stereocenters. The molecule has 15 rings (SSSR count). The van der Waals surface area contributed by atoms with Crippen LogP contribution in [0.15, 0.2) is 243 Å². The lowest BCUT2D eigenvalue weighted by Crippen LogP contribution is -2.61. The summed E-state index contributed by atoms with van der Waals surface area (Å²) in [6, 6.07) is 90.6. The summed E-state index contributed by atoms with van der Waals surface area (Å²) in [5.74, 6) is 0. The molecule has 3 heterocycles. The third-order valence-corrected chi connectivity index (χ3v) is 14.8. The zero-order chi connectivity index (χ0) is 44.5. The Morgan fingerprint density at radius 2 is 0.691 bits per heavy atom. The van der Waals surface area contributed by atoms with Gasteiger partial charge in [0.15, 0.2) is 0 Å². The molecule has 1 aromatic heterocycles. The van der Waals surface area contributed by atoms with E-state index in [4.69, 9.17) is 0 Å². The Morgan fingerprint density at radius 1 is 0.265 bits per heavy atom. The van der Waals surface area contributed by atoms with Gasteiger partial charge in [-0.3, -0.25) is 0 Å². The highest BCUT2D eigenvalue weighted by atomic mass is 15.2. The number of para-hydroxylation sites is 4. The summed E-state index contributed by atoms with van der Waals surface area (Å²) in [7, 11) is 0. The molecule has 0 radical (unpaired) electrons. The molecule has 2 aliphatic heterocycles. The van der Waals surface area contributed by atoms with Gasteiger partial charge in [0.1, 0.15) is 0 Å². The Balaban J connectivity index is 1.07. The molecule has 0 saturated heterocycles. The molecule has 0 spiro atoms. The van der Waals surface area contributed by atoms with E-state index in [1.807, 2.05) is 0 Å². The van der Waals surface area contributed by atoms with Gasteiger partial charge >= 0.3 is 0 Å². The molecule has 0 amide bonds. The van der Waals surface area contributed by atoms with Crippen molar-refractivity contribution in [1.82, 2.24) is 4.57 Å². The third kappa shape index (κ3) is 5.49. The molecule has 68 heavy (non-hydrogen) atoms. The topological polar surface area (TPSA) is 11.4 Å². The van der Waals surface area contributed by atoms with Gasteiger partial charge in [-0.15, -0.1) is 0 Å². The minimum absolute atomic E-state index is 0.0474. The smallest absolute Gasteiger partial charge is 0.252 e. The Bertz CT molecular complexity index is 4030. The Labute approximate surface area is 394 Å². The second-order valence-electron chi connectivity index (χ2n) is 18.5. The maximum Gasteiger partial charge on any atom is 0.252 e. The summed E-state index contributed by atoms with van der Waals surface area (Å²) in [5.41, 5.74) is 16.8. The standard InChI is InChI=1S/C64H40BN3/c1-4-20-51(21-5-1)66-58-27-15-14-26-54(58)55-29-28-45(36-59(55)66)50-39-62-64-63(40-50)68(53-24-8-3-9-25-53)61-38-49-33-44-19-13-11-17-42(44)31-47(49)35-57(61)65(64)56-34-46-30-41-16-10-12-18-43(41)32-48(46)37-60(56)67(62)52-22-6-2-7-23-52/h1-40H. The molecular formula is C64H40BN3. The Kier molecular flexibility index (Phi) is 7.87. The van der Waals surface area contributed by atoms with Crippen molar-refractivity contribution in [3.8, 4) is 16.8 Å². The first kappa shape index (κ1) is 37.4. The van der Waals surface area contributed by atoms with Crippen LogP contribution in [0.2, 0.25) is 0 Å². The van der Waals surface area contributed by atoms with Crippen molar-refractivity contribution in [2.75, 3.05) is 9.80 Å². The second kappa shape index (κ2) is 14.3. The number of anilines is 6. The Hall–Kier alpha value is -8.86. The van der Waals surface area contributed by atoms with E-state index in [0.29, 0.717) is 0 Å². The predicted octanol–water partition coefficient (Wildman–Crippen LogP) is 15.1. The summed E-state index contributed by atoms with van der Waals surface area (Å²) in [4.78, 5) is 5.09. The lowest BCUT2D eigenvalue weighted by atomic mass is 9.33. The SMILES string of the molecule is c1ccc(N2c3cc4cc5ccccc5cc4cc3B3c4cc5cc6ccccc6cc5cc4N(c4ccccc4)c4cc(-c5ccc6c7ccccc7n(-c7ccccc7)c6c5)cc2c43)cc1. The Morgan fingerprint density at radius 3 is 1.21 bits per heavy atom. The zero-order valence-corrected chi connectivity index (χ0v) is 37.0. The molecule has 314 valence electrons. The fourth-order valence-electron chi connectivity index (χ4n) is 11.8. The van der Waals surface area contributed by atoms with E-state index in [2.05, 4.69) is 257 Å².